The molecular weight excluding hydrogens is 519 g/mol. The third-order valence-electron chi connectivity index (χ3n) is 8.26. The van der Waals surface area contributed by atoms with Gasteiger partial charge in [0, 0.05) is 54.8 Å². The maximum atomic E-state index is 14.4. The van der Waals surface area contributed by atoms with E-state index >= 15 is 0 Å². The molecule has 40 heavy (non-hydrogen) atoms. The number of halogens is 3. The molecule has 6 rings (SSSR count). The molecule has 1 saturated heterocycles. The smallest absolute Gasteiger partial charge is 0.265 e. The maximum Gasteiger partial charge on any atom is 0.265 e. The van der Waals surface area contributed by atoms with E-state index in [9.17, 15) is 18.0 Å². The molecule has 0 N–H and O–H groups in total. The molecule has 2 aliphatic rings. The number of carbonyl (C=O) groups is 1. The van der Waals surface area contributed by atoms with Crippen LogP contribution in [-0.2, 0) is 18.4 Å². The number of likely N-dealkylation sites (tertiary alicyclic amines) is 1. The van der Waals surface area contributed by atoms with Gasteiger partial charge in [-0.05, 0) is 45.0 Å². The van der Waals surface area contributed by atoms with Crippen molar-refractivity contribution in [3.05, 3.63) is 53.7 Å². The first-order valence-corrected chi connectivity index (χ1v) is 13.6. The summed E-state index contributed by atoms with van der Waals surface area (Å²) in [6.45, 7) is 3.83. The highest BCUT2D eigenvalue weighted by Crippen LogP contribution is 2.41. The van der Waals surface area contributed by atoms with Gasteiger partial charge in [-0.25, -0.2) is 23.1 Å². The highest BCUT2D eigenvalue weighted by molar-refractivity contribution is 5.96. The SMILES string of the molecule is CC1C(=O)N(C)Cc2c(-c3cccc4nc(-c5cnn(C)c5)c(C(F)F)cc34)nc(C3CCN(CCF)CC3)n21. The summed E-state index contributed by atoms with van der Waals surface area (Å²) < 4.78 is 45.3. The van der Waals surface area contributed by atoms with Gasteiger partial charge in [-0.1, -0.05) is 12.1 Å². The first-order valence-electron chi connectivity index (χ1n) is 13.6. The van der Waals surface area contributed by atoms with E-state index in [-0.39, 0.29) is 29.8 Å². The number of likely N-dealkylation sites (N-methyl/N-ethyl adjacent to an activating group) is 1. The zero-order valence-electron chi connectivity index (χ0n) is 22.8. The lowest BCUT2D eigenvalue weighted by Crippen LogP contribution is -2.40. The van der Waals surface area contributed by atoms with Gasteiger partial charge in [0.05, 0.1) is 35.3 Å². The number of hydrogen-bond acceptors (Lipinski definition) is 5. The molecule has 1 aromatic carbocycles. The minimum atomic E-state index is -2.73. The number of fused-ring (bicyclic) bond motifs is 2. The quantitative estimate of drug-likeness (QED) is 0.333. The molecule has 1 unspecified atom stereocenters. The van der Waals surface area contributed by atoms with Crippen LogP contribution in [0.4, 0.5) is 13.2 Å². The van der Waals surface area contributed by atoms with Gasteiger partial charge < -0.3 is 14.4 Å². The van der Waals surface area contributed by atoms with Crippen LogP contribution < -0.4 is 0 Å². The van der Waals surface area contributed by atoms with Crippen molar-refractivity contribution in [3.8, 4) is 22.5 Å². The molecule has 8 nitrogen and oxygen atoms in total. The van der Waals surface area contributed by atoms with Gasteiger partial charge in [0.1, 0.15) is 18.5 Å². The molecule has 0 bridgehead atoms. The summed E-state index contributed by atoms with van der Waals surface area (Å²) in [7, 11) is 3.51. The number of rotatable bonds is 6. The summed E-state index contributed by atoms with van der Waals surface area (Å²) >= 11 is 0. The second kappa shape index (κ2) is 10.3. The van der Waals surface area contributed by atoms with Gasteiger partial charge in [0.15, 0.2) is 0 Å². The Hall–Kier alpha value is -3.73. The van der Waals surface area contributed by atoms with Gasteiger partial charge in [-0.3, -0.25) is 9.48 Å². The number of carbonyl (C=O) groups excluding carboxylic acids is 1. The van der Waals surface area contributed by atoms with E-state index in [4.69, 9.17) is 4.98 Å². The average Bonchev–Trinajstić information content (AvgIpc) is 3.55. The van der Waals surface area contributed by atoms with E-state index in [2.05, 4.69) is 19.5 Å². The van der Waals surface area contributed by atoms with E-state index in [1.807, 2.05) is 25.1 Å². The van der Waals surface area contributed by atoms with Gasteiger partial charge >= 0.3 is 0 Å². The van der Waals surface area contributed by atoms with Gasteiger partial charge in [0.2, 0.25) is 5.91 Å². The highest BCUT2D eigenvalue weighted by Gasteiger charge is 2.36. The number of pyridine rings is 1. The molecule has 1 amide bonds. The van der Waals surface area contributed by atoms with E-state index < -0.39 is 12.5 Å². The fourth-order valence-corrected chi connectivity index (χ4v) is 6.20. The maximum absolute atomic E-state index is 14.4. The number of hydrogen-bond donors (Lipinski definition) is 0. The number of aryl methyl sites for hydroxylation is 1. The predicted molar refractivity (Wildman–Crippen MR) is 146 cm³/mol. The molecule has 210 valence electrons. The molecule has 3 aromatic heterocycles. The molecule has 1 atom stereocenters. The van der Waals surface area contributed by atoms with Crippen LogP contribution in [0.1, 0.15) is 55.2 Å². The van der Waals surface area contributed by atoms with Crippen LogP contribution in [0.25, 0.3) is 33.4 Å². The lowest BCUT2D eigenvalue weighted by atomic mass is 9.95. The molecule has 4 aromatic rings. The summed E-state index contributed by atoms with van der Waals surface area (Å²) in [4.78, 5) is 26.7. The van der Waals surface area contributed by atoms with Crippen LogP contribution in [0.5, 0.6) is 0 Å². The Bertz CT molecular complexity index is 1570. The molecule has 11 heteroatoms. The fourth-order valence-electron chi connectivity index (χ4n) is 6.20. The Morgan fingerprint density at radius 1 is 1.10 bits per heavy atom. The Kier molecular flexibility index (Phi) is 6.85. The minimum absolute atomic E-state index is 0.00764. The molecule has 0 saturated carbocycles. The van der Waals surface area contributed by atoms with E-state index in [0.29, 0.717) is 40.8 Å². The first-order chi connectivity index (χ1) is 19.3. The van der Waals surface area contributed by atoms with Crippen LogP contribution >= 0.6 is 0 Å². The second-order valence-corrected chi connectivity index (χ2v) is 10.8. The summed E-state index contributed by atoms with van der Waals surface area (Å²) in [6, 6.07) is 6.65. The fraction of sp³-hybridized carbons (Fsp3) is 0.448. The summed E-state index contributed by atoms with van der Waals surface area (Å²) in [6.07, 6.45) is 2.11. The van der Waals surface area contributed by atoms with Crippen molar-refractivity contribution in [2.45, 2.75) is 44.7 Å². The summed E-state index contributed by atoms with van der Waals surface area (Å²) in [5.74, 6) is 0.960. The van der Waals surface area contributed by atoms with Gasteiger partial charge in [0.25, 0.3) is 6.43 Å². The zero-order valence-corrected chi connectivity index (χ0v) is 22.8. The molecule has 0 spiro atoms. The third-order valence-corrected chi connectivity index (χ3v) is 8.26. The molecular formula is C29H32F3N7O. The minimum Gasteiger partial charge on any atom is -0.338 e. The lowest BCUT2D eigenvalue weighted by Gasteiger charge is -2.34. The van der Waals surface area contributed by atoms with E-state index in [1.54, 1.807) is 29.9 Å². The zero-order chi connectivity index (χ0) is 28.1. The predicted octanol–water partition coefficient (Wildman–Crippen LogP) is 5.12. The number of amides is 1. The first kappa shape index (κ1) is 26.5. The lowest BCUT2D eigenvalue weighted by molar-refractivity contribution is -0.135. The average molecular weight is 552 g/mol. The molecule has 1 fully saturated rings. The molecule has 0 radical (unpaired) electrons. The van der Waals surface area contributed by atoms with E-state index in [0.717, 1.165) is 37.4 Å². The Balaban J connectivity index is 1.51. The second-order valence-electron chi connectivity index (χ2n) is 10.8. The van der Waals surface area contributed by atoms with Crippen molar-refractivity contribution >= 4 is 16.8 Å². The standard InChI is InChI=1S/C29H32F3N7O/c1-17-29(40)36(2)16-24-26(35-28(39(17)24)18-7-10-38(11-8-18)12-9-30)20-5-4-6-23-21(20)13-22(27(31)32)25(34-23)19-14-33-37(3)15-19/h4-6,13-15,17-18,27H,7-12,16H2,1-3H3. The number of alkyl halides is 3. The van der Waals surface area contributed by atoms with Crippen LogP contribution in [0, 0.1) is 0 Å². The monoisotopic (exact) mass is 551 g/mol. The van der Waals surface area contributed by atoms with Crippen molar-refractivity contribution < 1.29 is 18.0 Å². The Labute approximate surface area is 230 Å². The summed E-state index contributed by atoms with van der Waals surface area (Å²) in [5, 5.41) is 4.72. The summed E-state index contributed by atoms with van der Waals surface area (Å²) in [5.41, 5.74) is 3.44. The van der Waals surface area contributed by atoms with Crippen molar-refractivity contribution in [2.24, 2.45) is 7.05 Å². The topological polar surface area (TPSA) is 72.1 Å². The van der Waals surface area contributed by atoms with Crippen molar-refractivity contribution in [1.29, 1.82) is 0 Å². The largest absolute Gasteiger partial charge is 0.338 e. The number of benzene rings is 1. The van der Waals surface area contributed by atoms with E-state index in [1.165, 1.54) is 12.3 Å². The Morgan fingerprint density at radius 3 is 2.55 bits per heavy atom. The molecule has 2 aliphatic heterocycles. The Morgan fingerprint density at radius 2 is 1.88 bits per heavy atom. The number of nitrogens with zero attached hydrogens (tertiary/aromatic N) is 7. The van der Waals surface area contributed by atoms with Crippen LogP contribution in [0.15, 0.2) is 36.7 Å². The van der Waals surface area contributed by atoms with Crippen molar-refractivity contribution in [2.75, 3.05) is 33.4 Å². The normalized spacial score (nSPS) is 18.7. The highest BCUT2D eigenvalue weighted by atomic mass is 19.3. The molecule has 0 aliphatic carbocycles. The number of aromatic nitrogens is 5. The number of piperidine rings is 1. The third kappa shape index (κ3) is 4.46. The van der Waals surface area contributed by atoms with Crippen molar-refractivity contribution in [1.82, 2.24) is 34.1 Å². The number of imidazole rings is 1. The van der Waals surface area contributed by atoms with Crippen LogP contribution in [-0.4, -0.2) is 73.4 Å². The van der Waals surface area contributed by atoms with Crippen LogP contribution in [0.3, 0.4) is 0 Å². The van der Waals surface area contributed by atoms with Gasteiger partial charge in [-0.15, -0.1) is 0 Å². The van der Waals surface area contributed by atoms with Gasteiger partial charge in [-0.2, -0.15) is 5.10 Å². The van der Waals surface area contributed by atoms with Crippen molar-refractivity contribution in [3.63, 3.8) is 0 Å². The van der Waals surface area contributed by atoms with Crippen LogP contribution in [0.2, 0.25) is 0 Å². The molecule has 5 heterocycles.